The van der Waals surface area contributed by atoms with Gasteiger partial charge in [-0.15, -0.1) is 0 Å². The van der Waals surface area contributed by atoms with E-state index < -0.39 is 6.10 Å². The van der Waals surface area contributed by atoms with Gasteiger partial charge in [-0.05, 0) is 53.1 Å². The first-order valence-corrected chi connectivity index (χ1v) is 8.19. The van der Waals surface area contributed by atoms with Crippen molar-refractivity contribution in [2.24, 2.45) is 0 Å². The Kier molecular flexibility index (Phi) is 4.90. The summed E-state index contributed by atoms with van der Waals surface area (Å²) in [4.78, 5) is 0. The summed E-state index contributed by atoms with van der Waals surface area (Å²) in [6.45, 7) is 8.72. The molecular formula is C19H23BrO. The second-order valence-electron chi connectivity index (χ2n) is 6.26. The molecule has 2 aromatic rings. The van der Waals surface area contributed by atoms with Crippen molar-refractivity contribution in [3.8, 4) is 0 Å². The van der Waals surface area contributed by atoms with E-state index >= 15 is 0 Å². The number of rotatable bonds is 4. The number of hydrogen-bond donors (Lipinski definition) is 1. The first kappa shape index (κ1) is 16.3. The van der Waals surface area contributed by atoms with Gasteiger partial charge in [-0.1, -0.05) is 67.0 Å². The number of halogens is 1. The molecular weight excluding hydrogens is 324 g/mol. The van der Waals surface area contributed by atoms with Crippen LogP contribution in [-0.2, 0) is 5.41 Å². The van der Waals surface area contributed by atoms with Gasteiger partial charge in [-0.3, -0.25) is 0 Å². The van der Waals surface area contributed by atoms with Gasteiger partial charge < -0.3 is 5.11 Å². The van der Waals surface area contributed by atoms with Crippen LogP contribution in [0.15, 0.2) is 46.9 Å². The monoisotopic (exact) mass is 346 g/mol. The number of aliphatic hydroxyl groups is 1. The molecule has 1 N–H and O–H groups in total. The molecule has 1 nitrogen and oxygen atoms in total. The van der Waals surface area contributed by atoms with Crippen LogP contribution in [0.2, 0.25) is 0 Å². The second-order valence-corrected chi connectivity index (χ2v) is 7.18. The van der Waals surface area contributed by atoms with Gasteiger partial charge in [-0.25, -0.2) is 0 Å². The normalized spacial score (nSPS) is 13.2. The Bertz CT molecular complexity index is 614. The van der Waals surface area contributed by atoms with Gasteiger partial charge in [0.15, 0.2) is 0 Å². The van der Waals surface area contributed by atoms with Crippen LogP contribution in [0.3, 0.4) is 0 Å². The van der Waals surface area contributed by atoms with Crippen LogP contribution in [0.25, 0.3) is 0 Å². The fourth-order valence-electron chi connectivity index (χ4n) is 2.45. The maximum absolute atomic E-state index is 10.6. The number of hydrogen-bond acceptors (Lipinski definition) is 1. The number of aryl methyl sites for hydroxylation is 1. The molecule has 1 atom stereocenters. The van der Waals surface area contributed by atoms with Crippen molar-refractivity contribution in [1.82, 2.24) is 0 Å². The molecule has 0 spiro atoms. The Hall–Kier alpha value is -1.12. The average molecular weight is 347 g/mol. The molecule has 2 rings (SSSR count). The van der Waals surface area contributed by atoms with Gasteiger partial charge in [0, 0.05) is 4.47 Å². The summed E-state index contributed by atoms with van der Waals surface area (Å²) in [6, 6.07) is 14.3. The lowest BCUT2D eigenvalue weighted by Gasteiger charge is -2.24. The van der Waals surface area contributed by atoms with E-state index in [2.05, 4.69) is 48.8 Å². The lowest BCUT2D eigenvalue weighted by Crippen LogP contribution is -2.15. The summed E-state index contributed by atoms with van der Waals surface area (Å²) in [5, 5.41) is 10.6. The summed E-state index contributed by atoms with van der Waals surface area (Å²) in [5.74, 6) is 0. The SMILES string of the molecule is CCC(C)(C)c1ccc(C(O)c2ccc(Br)cc2C)cc1. The molecule has 112 valence electrons. The molecule has 0 saturated carbocycles. The van der Waals surface area contributed by atoms with Gasteiger partial charge in [0.25, 0.3) is 0 Å². The molecule has 2 aromatic carbocycles. The molecule has 21 heavy (non-hydrogen) atoms. The molecule has 0 radical (unpaired) electrons. The van der Waals surface area contributed by atoms with Gasteiger partial charge in [-0.2, -0.15) is 0 Å². The average Bonchev–Trinajstić information content (AvgIpc) is 2.47. The zero-order valence-electron chi connectivity index (χ0n) is 13.2. The molecule has 0 aliphatic heterocycles. The molecule has 0 amide bonds. The minimum absolute atomic E-state index is 0.178. The van der Waals surface area contributed by atoms with E-state index in [-0.39, 0.29) is 5.41 Å². The molecule has 0 saturated heterocycles. The standard InChI is InChI=1S/C19H23BrO/c1-5-19(3,4)15-8-6-14(7-9-15)18(21)17-11-10-16(20)12-13(17)2/h6-12,18,21H,5H2,1-4H3. The third-order valence-electron chi connectivity index (χ3n) is 4.42. The van der Waals surface area contributed by atoms with Crippen molar-refractivity contribution in [3.63, 3.8) is 0 Å². The maximum Gasteiger partial charge on any atom is 0.104 e. The van der Waals surface area contributed by atoms with Gasteiger partial charge in [0.2, 0.25) is 0 Å². The van der Waals surface area contributed by atoms with E-state index in [1.807, 2.05) is 37.3 Å². The van der Waals surface area contributed by atoms with Crippen molar-refractivity contribution >= 4 is 15.9 Å². The fourth-order valence-corrected chi connectivity index (χ4v) is 2.92. The lowest BCUT2D eigenvalue weighted by molar-refractivity contribution is 0.219. The van der Waals surface area contributed by atoms with Crippen molar-refractivity contribution < 1.29 is 5.11 Å². The zero-order chi connectivity index (χ0) is 15.6. The predicted octanol–water partition coefficient (Wildman–Crippen LogP) is 5.53. The summed E-state index contributed by atoms with van der Waals surface area (Å²) >= 11 is 3.46. The summed E-state index contributed by atoms with van der Waals surface area (Å²) < 4.78 is 1.04. The largest absolute Gasteiger partial charge is 0.384 e. The van der Waals surface area contributed by atoms with Gasteiger partial charge >= 0.3 is 0 Å². The Morgan fingerprint density at radius 3 is 2.24 bits per heavy atom. The van der Waals surface area contributed by atoms with Crippen LogP contribution in [0.5, 0.6) is 0 Å². The maximum atomic E-state index is 10.6. The zero-order valence-corrected chi connectivity index (χ0v) is 14.7. The minimum atomic E-state index is -0.572. The van der Waals surface area contributed by atoms with E-state index in [4.69, 9.17) is 0 Å². The molecule has 0 aromatic heterocycles. The second kappa shape index (κ2) is 6.33. The van der Waals surface area contributed by atoms with Crippen molar-refractivity contribution in [1.29, 1.82) is 0 Å². The Morgan fingerprint density at radius 2 is 1.71 bits per heavy atom. The summed E-state index contributed by atoms with van der Waals surface area (Å²) in [5.41, 5.74) is 4.48. The summed E-state index contributed by atoms with van der Waals surface area (Å²) in [6.07, 6.45) is 0.526. The van der Waals surface area contributed by atoms with E-state index in [0.29, 0.717) is 0 Å². The molecule has 1 unspecified atom stereocenters. The van der Waals surface area contributed by atoms with Crippen LogP contribution in [0.1, 0.15) is 55.5 Å². The van der Waals surface area contributed by atoms with Crippen LogP contribution < -0.4 is 0 Å². The van der Waals surface area contributed by atoms with E-state index in [9.17, 15) is 5.11 Å². The van der Waals surface area contributed by atoms with Crippen LogP contribution >= 0.6 is 15.9 Å². The highest BCUT2D eigenvalue weighted by Crippen LogP contribution is 2.30. The van der Waals surface area contributed by atoms with E-state index in [1.165, 1.54) is 5.56 Å². The highest BCUT2D eigenvalue weighted by molar-refractivity contribution is 9.10. The van der Waals surface area contributed by atoms with Crippen LogP contribution in [-0.4, -0.2) is 5.11 Å². The first-order valence-electron chi connectivity index (χ1n) is 7.39. The minimum Gasteiger partial charge on any atom is -0.384 e. The van der Waals surface area contributed by atoms with Crippen molar-refractivity contribution in [3.05, 3.63) is 69.2 Å². The van der Waals surface area contributed by atoms with E-state index in [0.717, 1.165) is 27.6 Å². The molecule has 2 heteroatoms. The molecule has 0 heterocycles. The quantitative estimate of drug-likeness (QED) is 0.771. The third-order valence-corrected chi connectivity index (χ3v) is 4.91. The summed E-state index contributed by atoms with van der Waals surface area (Å²) in [7, 11) is 0. The van der Waals surface area contributed by atoms with Crippen molar-refractivity contribution in [2.75, 3.05) is 0 Å². The molecule has 0 aliphatic carbocycles. The van der Waals surface area contributed by atoms with Crippen molar-refractivity contribution in [2.45, 2.75) is 45.6 Å². The first-order chi connectivity index (χ1) is 9.85. The molecule has 0 aliphatic rings. The number of benzene rings is 2. The van der Waals surface area contributed by atoms with Gasteiger partial charge in [0.05, 0.1) is 0 Å². The fraction of sp³-hybridized carbons (Fsp3) is 0.368. The topological polar surface area (TPSA) is 20.2 Å². The predicted molar refractivity (Wildman–Crippen MR) is 92.7 cm³/mol. The van der Waals surface area contributed by atoms with Crippen LogP contribution in [0, 0.1) is 6.92 Å². The molecule has 0 fully saturated rings. The van der Waals surface area contributed by atoms with Crippen LogP contribution in [0.4, 0.5) is 0 Å². The molecule has 0 bridgehead atoms. The highest BCUT2D eigenvalue weighted by atomic mass is 79.9. The van der Waals surface area contributed by atoms with E-state index in [1.54, 1.807) is 0 Å². The lowest BCUT2D eigenvalue weighted by atomic mass is 9.81. The Morgan fingerprint density at radius 1 is 1.10 bits per heavy atom. The Labute approximate surface area is 136 Å². The highest BCUT2D eigenvalue weighted by Gasteiger charge is 2.19. The third kappa shape index (κ3) is 3.56. The Balaban J connectivity index is 2.30. The van der Waals surface area contributed by atoms with Gasteiger partial charge in [0.1, 0.15) is 6.10 Å². The smallest absolute Gasteiger partial charge is 0.104 e. The number of aliphatic hydroxyl groups excluding tert-OH is 1.